The number of likely N-dealkylation sites (tertiary alicyclic amines) is 2. The molecule has 3 aromatic rings. The van der Waals surface area contributed by atoms with Crippen molar-refractivity contribution in [2.75, 3.05) is 50.9 Å². The fraction of sp³-hybridized carbons (Fsp3) is 0.533. The van der Waals surface area contributed by atoms with Crippen LogP contribution in [0.1, 0.15) is 73.0 Å². The lowest BCUT2D eigenvalue weighted by atomic mass is 9.89. The van der Waals surface area contributed by atoms with Crippen LogP contribution in [0.2, 0.25) is 0 Å². The van der Waals surface area contributed by atoms with E-state index in [-0.39, 0.29) is 12.0 Å². The summed E-state index contributed by atoms with van der Waals surface area (Å²) in [7, 11) is 2.18. The number of anilines is 2. The Morgan fingerprint density at radius 2 is 1.93 bits per heavy atom. The normalized spacial score (nSPS) is 24.4. The summed E-state index contributed by atoms with van der Waals surface area (Å²) >= 11 is 1.79. The minimum atomic E-state index is -0.654. The van der Waals surface area contributed by atoms with Gasteiger partial charge in [-0.1, -0.05) is 13.0 Å². The summed E-state index contributed by atoms with van der Waals surface area (Å²) in [5, 5.41) is 4.00. The smallest absolute Gasteiger partial charge is 0.313 e. The fourth-order valence-corrected chi connectivity index (χ4v) is 7.42. The molecule has 40 heavy (non-hydrogen) atoms. The Morgan fingerprint density at radius 1 is 1.10 bits per heavy atom. The van der Waals surface area contributed by atoms with Crippen LogP contribution in [-0.4, -0.2) is 71.5 Å². The molecule has 10 heteroatoms. The van der Waals surface area contributed by atoms with Gasteiger partial charge in [-0.05, 0) is 81.9 Å². The predicted octanol–water partition coefficient (Wildman–Crippen LogP) is 4.52. The molecule has 9 nitrogen and oxygen atoms in total. The lowest BCUT2D eigenvalue weighted by molar-refractivity contribution is -0.146. The van der Waals surface area contributed by atoms with Crippen LogP contribution in [0.15, 0.2) is 30.5 Å². The van der Waals surface area contributed by atoms with E-state index < -0.39 is 11.8 Å². The summed E-state index contributed by atoms with van der Waals surface area (Å²) in [6.45, 7) is 6.14. The van der Waals surface area contributed by atoms with Crippen LogP contribution in [0.4, 0.5) is 11.5 Å². The molecule has 0 bridgehead atoms. The highest BCUT2D eigenvalue weighted by atomic mass is 32.1. The van der Waals surface area contributed by atoms with Crippen LogP contribution < -0.4 is 11.1 Å². The first-order valence-electron chi connectivity index (χ1n) is 14.4. The summed E-state index contributed by atoms with van der Waals surface area (Å²) in [5.74, 6) is 0.232. The Kier molecular flexibility index (Phi) is 7.74. The highest BCUT2D eigenvalue weighted by Crippen LogP contribution is 2.38. The van der Waals surface area contributed by atoms with Gasteiger partial charge in [-0.15, -0.1) is 11.3 Å². The fourth-order valence-electron chi connectivity index (χ4n) is 6.31. The van der Waals surface area contributed by atoms with Gasteiger partial charge in [-0.25, -0.2) is 9.97 Å². The second kappa shape index (κ2) is 11.4. The van der Waals surface area contributed by atoms with Gasteiger partial charge in [0.15, 0.2) is 0 Å². The number of pyridine rings is 1. The highest BCUT2D eigenvalue weighted by molar-refractivity contribution is 7.18. The SMILES string of the molecule is C[C@H]1CC[C@H](c2ccc3sc(C4CCN(C)CC4)nc3c2)N(C(=O)C(=O)Nc2cnc(N)c([C@H]3CCOC3)c2)C1. The average Bonchev–Trinajstić information content (AvgIpc) is 3.64. The third-order valence-corrected chi connectivity index (χ3v) is 9.93. The van der Waals surface area contributed by atoms with Gasteiger partial charge in [0.25, 0.3) is 0 Å². The molecule has 6 rings (SSSR count). The van der Waals surface area contributed by atoms with E-state index in [2.05, 4.69) is 47.4 Å². The van der Waals surface area contributed by atoms with Crippen LogP contribution in [0, 0.1) is 5.92 Å². The van der Waals surface area contributed by atoms with E-state index in [9.17, 15) is 9.59 Å². The number of aromatic nitrogens is 2. The zero-order chi connectivity index (χ0) is 27.8. The quantitative estimate of drug-likeness (QED) is 0.449. The number of carbonyl (C=O) groups is 2. The molecular formula is C30H38N6O3S. The number of thiazole rings is 1. The van der Waals surface area contributed by atoms with Gasteiger partial charge >= 0.3 is 11.8 Å². The molecule has 0 radical (unpaired) electrons. The Balaban J connectivity index is 1.20. The van der Waals surface area contributed by atoms with Gasteiger partial charge in [-0.2, -0.15) is 0 Å². The van der Waals surface area contributed by atoms with Crippen molar-refractivity contribution in [1.82, 2.24) is 19.8 Å². The van der Waals surface area contributed by atoms with E-state index in [1.54, 1.807) is 16.2 Å². The maximum Gasteiger partial charge on any atom is 0.313 e. The number of ether oxygens (including phenoxy) is 1. The average molecular weight is 563 g/mol. The molecule has 3 N–H and O–H groups in total. The van der Waals surface area contributed by atoms with Gasteiger partial charge in [0.2, 0.25) is 0 Å². The maximum absolute atomic E-state index is 13.6. The predicted molar refractivity (Wildman–Crippen MR) is 157 cm³/mol. The van der Waals surface area contributed by atoms with E-state index >= 15 is 0 Å². The summed E-state index contributed by atoms with van der Waals surface area (Å²) < 4.78 is 6.67. The minimum Gasteiger partial charge on any atom is -0.383 e. The van der Waals surface area contributed by atoms with Crippen LogP contribution >= 0.6 is 11.3 Å². The number of rotatable bonds is 4. The first-order valence-corrected chi connectivity index (χ1v) is 15.2. The molecule has 3 saturated heterocycles. The van der Waals surface area contributed by atoms with Crippen LogP contribution in [0.25, 0.3) is 10.2 Å². The van der Waals surface area contributed by atoms with Gasteiger partial charge < -0.3 is 25.6 Å². The molecule has 0 aliphatic carbocycles. The van der Waals surface area contributed by atoms with E-state index in [1.165, 1.54) is 15.9 Å². The molecule has 0 unspecified atom stereocenters. The molecule has 212 valence electrons. The first-order chi connectivity index (χ1) is 19.4. The van der Waals surface area contributed by atoms with E-state index in [4.69, 9.17) is 15.5 Å². The van der Waals surface area contributed by atoms with Crippen molar-refractivity contribution >= 4 is 44.9 Å². The summed E-state index contributed by atoms with van der Waals surface area (Å²) in [6, 6.07) is 8.03. The third kappa shape index (κ3) is 5.57. The summed E-state index contributed by atoms with van der Waals surface area (Å²) in [5.41, 5.74) is 9.46. The lowest BCUT2D eigenvalue weighted by Gasteiger charge is -2.38. The standard InChI is InChI=1S/C30H38N6O3S/c1-18-3-5-25(20-4-6-26-24(13-20)34-29(40-26)19-7-10-35(2)11-8-19)36(16-18)30(38)28(37)33-22-14-23(27(31)32-15-22)21-9-12-39-17-21/h4,6,13-15,18-19,21,25H,3,5,7-12,16-17H2,1-2H3,(H2,31,32)(H,33,37)/t18-,21-,25+/m0/s1. The monoisotopic (exact) mass is 562 g/mol. The second-order valence-electron chi connectivity index (χ2n) is 11.7. The molecule has 0 saturated carbocycles. The molecule has 3 atom stereocenters. The molecule has 5 heterocycles. The number of nitrogens with two attached hydrogens (primary N) is 1. The number of hydrogen-bond acceptors (Lipinski definition) is 8. The highest BCUT2D eigenvalue weighted by Gasteiger charge is 2.35. The van der Waals surface area contributed by atoms with E-state index in [0.29, 0.717) is 43.1 Å². The first kappa shape index (κ1) is 27.1. The van der Waals surface area contributed by atoms with E-state index in [1.807, 2.05) is 6.07 Å². The zero-order valence-electron chi connectivity index (χ0n) is 23.3. The summed E-state index contributed by atoms with van der Waals surface area (Å²) in [4.78, 5) is 40.2. The zero-order valence-corrected chi connectivity index (χ0v) is 24.1. The van der Waals surface area contributed by atoms with Crippen molar-refractivity contribution in [2.45, 2.75) is 56.9 Å². The molecule has 0 spiro atoms. The number of carbonyl (C=O) groups excluding carboxylic acids is 2. The Bertz CT molecular complexity index is 1400. The molecule has 2 amide bonds. The minimum absolute atomic E-state index is 0.146. The number of nitrogens with one attached hydrogen (secondary N) is 1. The number of amides is 2. The number of nitrogens with zero attached hydrogens (tertiary/aromatic N) is 4. The van der Waals surface area contributed by atoms with Gasteiger partial charge in [-0.3, -0.25) is 9.59 Å². The Hall–Kier alpha value is -3.08. The van der Waals surface area contributed by atoms with Crippen LogP contribution in [-0.2, 0) is 14.3 Å². The number of benzene rings is 1. The van der Waals surface area contributed by atoms with Gasteiger partial charge in [0.05, 0.1) is 39.8 Å². The Labute approximate surface area is 239 Å². The third-order valence-electron chi connectivity index (χ3n) is 8.73. The molecule has 1 aromatic carbocycles. The number of fused-ring (bicyclic) bond motifs is 1. The number of hydrogen-bond donors (Lipinski definition) is 2. The largest absolute Gasteiger partial charge is 0.383 e. The Morgan fingerprint density at radius 3 is 2.70 bits per heavy atom. The van der Waals surface area contributed by atoms with Crippen molar-refractivity contribution < 1.29 is 14.3 Å². The van der Waals surface area contributed by atoms with Crippen molar-refractivity contribution in [3.63, 3.8) is 0 Å². The number of nitrogen functional groups attached to an aromatic ring is 1. The van der Waals surface area contributed by atoms with Crippen molar-refractivity contribution in [3.05, 3.63) is 46.6 Å². The maximum atomic E-state index is 13.6. The van der Waals surface area contributed by atoms with Crippen LogP contribution in [0.3, 0.4) is 0 Å². The molecule has 3 fully saturated rings. The molecule has 3 aliphatic heterocycles. The van der Waals surface area contributed by atoms with Crippen LogP contribution in [0.5, 0.6) is 0 Å². The molecule has 3 aliphatic rings. The van der Waals surface area contributed by atoms with Crippen molar-refractivity contribution in [3.8, 4) is 0 Å². The number of piperidine rings is 2. The van der Waals surface area contributed by atoms with Gasteiger partial charge in [0, 0.05) is 30.6 Å². The lowest BCUT2D eigenvalue weighted by Crippen LogP contribution is -2.46. The van der Waals surface area contributed by atoms with Crippen molar-refractivity contribution in [1.29, 1.82) is 0 Å². The van der Waals surface area contributed by atoms with Gasteiger partial charge in [0.1, 0.15) is 5.82 Å². The van der Waals surface area contributed by atoms with Crippen molar-refractivity contribution in [2.24, 2.45) is 5.92 Å². The molecular weight excluding hydrogens is 524 g/mol. The van der Waals surface area contributed by atoms with E-state index in [0.717, 1.165) is 61.8 Å². The molecule has 2 aromatic heterocycles. The topological polar surface area (TPSA) is 114 Å². The summed E-state index contributed by atoms with van der Waals surface area (Å²) in [6.07, 6.45) is 6.46. The second-order valence-corrected chi connectivity index (χ2v) is 12.8.